The van der Waals surface area contributed by atoms with Crippen LogP contribution in [0.2, 0.25) is 0 Å². The quantitative estimate of drug-likeness (QED) is 0.692. The third kappa shape index (κ3) is 4.71. The van der Waals surface area contributed by atoms with Gasteiger partial charge in [0.25, 0.3) is 0 Å². The maximum absolute atomic E-state index is 13.7. The number of halogens is 1. The first-order valence-corrected chi connectivity index (χ1v) is 5.95. The molecule has 1 rings (SSSR count). The van der Waals surface area contributed by atoms with Gasteiger partial charge < -0.3 is 15.8 Å². The van der Waals surface area contributed by atoms with E-state index in [4.69, 9.17) is 10.5 Å². The fourth-order valence-electron chi connectivity index (χ4n) is 1.62. The van der Waals surface area contributed by atoms with Crippen LogP contribution in [0.25, 0.3) is 0 Å². The standard InChI is InChI=1S/C13H19FN2O2/c1-18-11-6-4-5-10(13(11)14)9-16-8-3-2-7-12(15)17/h4-6,16H,2-3,7-9H2,1H3,(H2,15,17). The Morgan fingerprint density at radius 1 is 1.44 bits per heavy atom. The molecule has 3 N–H and O–H groups in total. The molecule has 0 aliphatic heterocycles. The van der Waals surface area contributed by atoms with E-state index in [0.717, 1.165) is 19.4 Å². The zero-order chi connectivity index (χ0) is 13.4. The summed E-state index contributed by atoms with van der Waals surface area (Å²) in [5.74, 6) is -0.360. The minimum atomic E-state index is -0.329. The number of nitrogens with two attached hydrogens (primary N) is 1. The van der Waals surface area contributed by atoms with Crippen molar-refractivity contribution in [2.45, 2.75) is 25.8 Å². The summed E-state index contributed by atoms with van der Waals surface area (Å²) in [6, 6.07) is 5.06. The summed E-state index contributed by atoms with van der Waals surface area (Å²) >= 11 is 0. The van der Waals surface area contributed by atoms with Crippen molar-refractivity contribution in [1.82, 2.24) is 5.32 Å². The molecule has 0 aliphatic rings. The van der Waals surface area contributed by atoms with E-state index in [1.165, 1.54) is 7.11 Å². The Morgan fingerprint density at radius 2 is 2.22 bits per heavy atom. The van der Waals surface area contributed by atoms with Crippen LogP contribution in [0.5, 0.6) is 5.75 Å². The second-order valence-corrected chi connectivity index (χ2v) is 4.03. The summed E-state index contributed by atoms with van der Waals surface area (Å²) < 4.78 is 18.6. The summed E-state index contributed by atoms with van der Waals surface area (Å²) in [4.78, 5) is 10.5. The van der Waals surface area contributed by atoms with Crippen molar-refractivity contribution in [3.05, 3.63) is 29.6 Å². The van der Waals surface area contributed by atoms with E-state index in [-0.39, 0.29) is 17.5 Å². The lowest BCUT2D eigenvalue weighted by molar-refractivity contribution is -0.118. The van der Waals surface area contributed by atoms with E-state index in [1.807, 2.05) is 0 Å². The molecule has 0 heterocycles. The van der Waals surface area contributed by atoms with Gasteiger partial charge in [0.2, 0.25) is 5.91 Å². The first-order chi connectivity index (χ1) is 8.65. The molecular weight excluding hydrogens is 235 g/mol. The topological polar surface area (TPSA) is 64.3 Å². The summed E-state index contributed by atoms with van der Waals surface area (Å²) in [7, 11) is 1.44. The average molecular weight is 254 g/mol. The van der Waals surface area contributed by atoms with Crippen LogP contribution in [-0.4, -0.2) is 19.6 Å². The first-order valence-electron chi connectivity index (χ1n) is 5.95. The predicted molar refractivity (Wildman–Crippen MR) is 67.7 cm³/mol. The average Bonchev–Trinajstić information content (AvgIpc) is 2.35. The van der Waals surface area contributed by atoms with E-state index in [2.05, 4.69) is 5.32 Å². The number of rotatable bonds is 8. The molecular formula is C13H19FN2O2. The molecule has 0 radical (unpaired) electrons. The highest BCUT2D eigenvalue weighted by molar-refractivity contribution is 5.73. The maximum Gasteiger partial charge on any atom is 0.217 e. The number of benzene rings is 1. The van der Waals surface area contributed by atoms with Crippen LogP contribution in [0, 0.1) is 5.82 Å². The lowest BCUT2D eigenvalue weighted by atomic mass is 10.2. The van der Waals surface area contributed by atoms with Crippen molar-refractivity contribution in [3.63, 3.8) is 0 Å². The highest BCUT2D eigenvalue weighted by Gasteiger charge is 2.07. The van der Waals surface area contributed by atoms with Crippen LogP contribution >= 0.6 is 0 Å². The number of primary amides is 1. The van der Waals surface area contributed by atoms with Gasteiger partial charge in [0.15, 0.2) is 11.6 Å². The van der Waals surface area contributed by atoms with Crippen LogP contribution in [0.15, 0.2) is 18.2 Å². The molecule has 0 spiro atoms. The van der Waals surface area contributed by atoms with Gasteiger partial charge in [-0.1, -0.05) is 12.1 Å². The number of hydrogen-bond acceptors (Lipinski definition) is 3. The largest absolute Gasteiger partial charge is 0.494 e. The third-order valence-electron chi connectivity index (χ3n) is 2.61. The van der Waals surface area contributed by atoms with E-state index >= 15 is 0 Å². The van der Waals surface area contributed by atoms with Crippen LogP contribution in [0.3, 0.4) is 0 Å². The highest BCUT2D eigenvalue weighted by atomic mass is 19.1. The van der Waals surface area contributed by atoms with E-state index in [0.29, 0.717) is 18.5 Å². The molecule has 0 atom stereocenters. The number of ether oxygens (including phenoxy) is 1. The summed E-state index contributed by atoms with van der Waals surface area (Å²) in [5.41, 5.74) is 5.60. The van der Waals surface area contributed by atoms with Crippen molar-refractivity contribution in [2.75, 3.05) is 13.7 Å². The molecule has 0 fully saturated rings. The summed E-state index contributed by atoms with van der Waals surface area (Å²) in [5, 5.41) is 3.12. The van der Waals surface area contributed by atoms with Crippen molar-refractivity contribution < 1.29 is 13.9 Å². The molecule has 1 aromatic rings. The molecule has 100 valence electrons. The molecule has 5 heteroatoms. The summed E-state index contributed by atoms with van der Waals surface area (Å²) in [6.07, 6.45) is 1.99. The lowest BCUT2D eigenvalue weighted by Crippen LogP contribution is -2.17. The predicted octanol–water partition coefficient (Wildman–Crippen LogP) is 1.58. The number of amides is 1. The Hall–Kier alpha value is -1.62. The molecule has 1 aromatic carbocycles. The molecule has 1 amide bonds. The van der Waals surface area contributed by atoms with Gasteiger partial charge in [-0.25, -0.2) is 4.39 Å². The lowest BCUT2D eigenvalue weighted by Gasteiger charge is -2.08. The number of hydrogen-bond donors (Lipinski definition) is 2. The highest BCUT2D eigenvalue weighted by Crippen LogP contribution is 2.19. The molecule has 0 aliphatic carbocycles. The molecule has 0 unspecified atom stereocenters. The third-order valence-corrected chi connectivity index (χ3v) is 2.61. The van der Waals surface area contributed by atoms with Crippen molar-refractivity contribution in [3.8, 4) is 5.75 Å². The van der Waals surface area contributed by atoms with Gasteiger partial charge in [0.1, 0.15) is 0 Å². The Balaban J connectivity index is 2.29. The van der Waals surface area contributed by atoms with Crippen LogP contribution < -0.4 is 15.8 Å². The molecule has 18 heavy (non-hydrogen) atoms. The number of nitrogens with one attached hydrogen (secondary N) is 1. The van der Waals surface area contributed by atoms with Gasteiger partial charge in [-0.15, -0.1) is 0 Å². The number of carbonyl (C=O) groups excluding carboxylic acids is 1. The van der Waals surface area contributed by atoms with Crippen molar-refractivity contribution >= 4 is 5.91 Å². The fraction of sp³-hybridized carbons (Fsp3) is 0.462. The summed E-state index contributed by atoms with van der Waals surface area (Å²) in [6.45, 7) is 1.17. The number of methoxy groups -OCH3 is 1. The zero-order valence-electron chi connectivity index (χ0n) is 10.5. The first kappa shape index (κ1) is 14.4. The van der Waals surface area contributed by atoms with Gasteiger partial charge in [-0.05, 0) is 25.5 Å². The van der Waals surface area contributed by atoms with E-state index in [9.17, 15) is 9.18 Å². The van der Waals surface area contributed by atoms with Gasteiger partial charge in [0, 0.05) is 18.5 Å². The Bertz CT molecular complexity index is 397. The number of unbranched alkanes of at least 4 members (excludes halogenated alkanes) is 1. The molecule has 0 saturated carbocycles. The van der Waals surface area contributed by atoms with E-state index in [1.54, 1.807) is 18.2 Å². The fourth-order valence-corrected chi connectivity index (χ4v) is 1.62. The van der Waals surface area contributed by atoms with E-state index < -0.39 is 0 Å². The molecule has 0 bridgehead atoms. The van der Waals surface area contributed by atoms with Crippen molar-refractivity contribution in [2.24, 2.45) is 5.73 Å². The van der Waals surface area contributed by atoms with Crippen LogP contribution in [0.4, 0.5) is 4.39 Å². The second-order valence-electron chi connectivity index (χ2n) is 4.03. The maximum atomic E-state index is 13.7. The smallest absolute Gasteiger partial charge is 0.217 e. The van der Waals surface area contributed by atoms with Gasteiger partial charge in [-0.3, -0.25) is 4.79 Å². The molecule has 0 aromatic heterocycles. The number of carbonyl (C=O) groups is 1. The second kappa shape index (κ2) is 7.66. The monoisotopic (exact) mass is 254 g/mol. The van der Waals surface area contributed by atoms with Gasteiger partial charge in [-0.2, -0.15) is 0 Å². The van der Waals surface area contributed by atoms with Crippen LogP contribution in [0.1, 0.15) is 24.8 Å². The van der Waals surface area contributed by atoms with Gasteiger partial charge in [0.05, 0.1) is 7.11 Å². The zero-order valence-corrected chi connectivity index (χ0v) is 10.5. The minimum Gasteiger partial charge on any atom is -0.494 e. The van der Waals surface area contributed by atoms with Gasteiger partial charge >= 0.3 is 0 Å². The Kier molecular flexibility index (Phi) is 6.14. The normalized spacial score (nSPS) is 10.3. The van der Waals surface area contributed by atoms with Crippen LogP contribution in [-0.2, 0) is 11.3 Å². The Labute approximate surface area is 106 Å². The SMILES string of the molecule is COc1cccc(CNCCCCC(N)=O)c1F. The minimum absolute atomic E-state index is 0.253. The Morgan fingerprint density at radius 3 is 2.89 bits per heavy atom. The van der Waals surface area contributed by atoms with Crippen molar-refractivity contribution in [1.29, 1.82) is 0 Å². The molecule has 0 saturated heterocycles. The molecule has 4 nitrogen and oxygen atoms in total.